The first kappa shape index (κ1) is 12.7. The lowest BCUT2D eigenvalue weighted by molar-refractivity contribution is 0.0946. The number of amides is 1. The van der Waals surface area contributed by atoms with Crippen LogP contribution in [0.25, 0.3) is 0 Å². The number of hydrogen-bond acceptors (Lipinski definition) is 4. The number of benzene rings is 1. The average molecular weight is 271 g/mol. The van der Waals surface area contributed by atoms with E-state index in [1.54, 1.807) is 6.20 Å². The Hall–Kier alpha value is -2.30. The number of fused-ring (bicyclic) bond motifs is 1. The van der Waals surface area contributed by atoms with Crippen LogP contribution >= 0.6 is 0 Å². The van der Waals surface area contributed by atoms with Crippen LogP contribution in [0, 0.1) is 6.92 Å². The smallest absolute Gasteiger partial charge is 0.252 e. The largest absolute Gasteiger partial charge is 0.444 e. The molecule has 0 unspecified atom stereocenters. The van der Waals surface area contributed by atoms with Crippen molar-refractivity contribution in [1.29, 1.82) is 0 Å². The van der Waals surface area contributed by atoms with E-state index in [1.807, 2.05) is 25.1 Å². The fourth-order valence-electron chi connectivity index (χ4n) is 2.46. The van der Waals surface area contributed by atoms with Gasteiger partial charge in [0.1, 0.15) is 5.76 Å². The molecule has 2 aromatic rings. The van der Waals surface area contributed by atoms with Gasteiger partial charge in [0.15, 0.2) is 0 Å². The number of hydrogen-bond donors (Lipinski definition) is 2. The van der Waals surface area contributed by atoms with Gasteiger partial charge in [-0.2, -0.15) is 0 Å². The van der Waals surface area contributed by atoms with Gasteiger partial charge in [-0.3, -0.25) is 4.79 Å². The molecule has 3 rings (SSSR count). The van der Waals surface area contributed by atoms with E-state index < -0.39 is 0 Å². The van der Waals surface area contributed by atoms with Crippen molar-refractivity contribution in [3.05, 3.63) is 47.2 Å². The predicted octanol–water partition coefficient (Wildman–Crippen LogP) is 2.27. The van der Waals surface area contributed by atoms with Gasteiger partial charge in [0.05, 0.1) is 12.7 Å². The maximum atomic E-state index is 12.3. The van der Waals surface area contributed by atoms with Gasteiger partial charge in [-0.15, -0.1) is 0 Å². The molecule has 0 radical (unpaired) electrons. The van der Waals surface area contributed by atoms with Gasteiger partial charge in [-0.25, -0.2) is 4.98 Å². The molecule has 2 N–H and O–H groups in total. The molecule has 0 aliphatic carbocycles. The zero-order valence-electron chi connectivity index (χ0n) is 11.4. The second-order valence-corrected chi connectivity index (χ2v) is 4.91. The summed E-state index contributed by atoms with van der Waals surface area (Å²) in [6.45, 7) is 3.11. The van der Waals surface area contributed by atoms with Crippen LogP contribution < -0.4 is 10.6 Å². The molecule has 0 fully saturated rings. The Morgan fingerprint density at radius 1 is 1.50 bits per heavy atom. The minimum atomic E-state index is -0.0820. The summed E-state index contributed by atoms with van der Waals surface area (Å²) < 4.78 is 5.34. The topological polar surface area (TPSA) is 67.2 Å². The Morgan fingerprint density at radius 3 is 3.20 bits per heavy atom. The summed E-state index contributed by atoms with van der Waals surface area (Å²) >= 11 is 0. The second-order valence-electron chi connectivity index (χ2n) is 4.91. The van der Waals surface area contributed by atoms with Crippen molar-refractivity contribution in [1.82, 2.24) is 10.3 Å². The van der Waals surface area contributed by atoms with Gasteiger partial charge in [-0.05, 0) is 37.5 Å². The molecule has 1 aliphatic rings. The van der Waals surface area contributed by atoms with Crippen LogP contribution in [0.1, 0.15) is 34.0 Å². The Bertz CT molecular complexity index is 634. The molecule has 2 heterocycles. The monoisotopic (exact) mass is 271 g/mol. The minimum absolute atomic E-state index is 0.0820. The molecule has 20 heavy (non-hydrogen) atoms. The van der Waals surface area contributed by atoms with Crippen molar-refractivity contribution < 1.29 is 9.21 Å². The van der Waals surface area contributed by atoms with Gasteiger partial charge in [0.2, 0.25) is 5.89 Å². The maximum Gasteiger partial charge on any atom is 0.252 e. The molecule has 0 bridgehead atoms. The molecule has 104 valence electrons. The third kappa shape index (κ3) is 2.52. The van der Waals surface area contributed by atoms with E-state index in [0.717, 1.165) is 42.0 Å². The van der Waals surface area contributed by atoms with Crippen molar-refractivity contribution in [3.63, 3.8) is 0 Å². The van der Waals surface area contributed by atoms with E-state index in [4.69, 9.17) is 4.42 Å². The first-order valence-corrected chi connectivity index (χ1v) is 6.79. The molecule has 5 heteroatoms. The first-order chi connectivity index (χ1) is 9.74. The van der Waals surface area contributed by atoms with E-state index in [2.05, 4.69) is 15.6 Å². The summed E-state index contributed by atoms with van der Waals surface area (Å²) in [7, 11) is 0. The number of nitrogens with zero attached hydrogens (tertiary/aromatic N) is 1. The van der Waals surface area contributed by atoms with Gasteiger partial charge < -0.3 is 15.1 Å². The highest BCUT2D eigenvalue weighted by molar-refractivity contribution is 5.97. The zero-order chi connectivity index (χ0) is 13.9. The highest BCUT2D eigenvalue weighted by atomic mass is 16.4. The van der Waals surface area contributed by atoms with Crippen LogP contribution in [0.3, 0.4) is 0 Å². The molecular weight excluding hydrogens is 254 g/mol. The number of carbonyl (C=O) groups excluding carboxylic acids is 1. The number of aromatic nitrogens is 1. The van der Waals surface area contributed by atoms with E-state index >= 15 is 0 Å². The third-order valence-corrected chi connectivity index (χ3v) is 3.41. The molecular formula is C15H17N3O2. The minimum Gasteiger partial charge on any atom is -0.444 e. The number of oxazole rings is 1. The number of anilines is 1. The summed E-state index contributed by atoms with van der Waals surface area (Å²) in [5.74, 6) is 1.19. The van der Waals surface area contributed by atoms with Crippen molar-refractivity contribution in [2.24, 2.45) is 0 Å². The van der Waals surface area contributed by atoms with E-state index in [9.17, 15) is 4.79 Å². The summed E-state index contributed by atoms with van der Waals surface area (Å²) in [6, 6.07) is 5.78. The summed E-state index contributed by atoms with van der Waals surface area (Å²) in [5, 5.41) is 6.18. The average Bonchev–Trinajstić information content (AvgIpc) is 2.90. The van der Waals surface area contributed by atoms with E-state index in [-0.39, 0.29) is 5.91 Å². The van der Waals surface area contributed by atoms with E-state index in [0.29, 0.717) is 12.4 Å². The number of carbonyl (C=O) groups is 1. The van der Waals surface area contributed by atoms with Gasteiger partial charge in [0, 0.05) is 17.8 Å². The predicted molar refractivity (Wildman–Crippen MR) is 75.7 cm³/mol. The Morgan fingerprint density at radius 2 is 2.40 bits per heavy atom. The zero-order valence-corrected chi connectivity index (χ0v) is 11.4. The Kier molecular flexibility index (Phi) is 3.41. The summed E-state index contributed by atoms with van der Waals surface area (Å²) in [6.07, 6.45) is 3.63. The molecule has 1 aromatic heterocycles. The van der Waals surface area contributed by atoms with Crippen molar-refractivity contribution >= 4 is 11.6 Å². The Labute approximate surface area is 117 Å². The molecule has 0 saturated carbocycles. The quantitative estimate of drug-likeness (QED) is 0.898. The fraction of sp³-hybridized carbons (Fsp3) is 0.333. The highest BCUT2D eigenvalue weighted by Crippen LogP contribution is 2.25. The van der Waals surface area contributed by atoms with Crippen LogP contribution in [0.5, 0.6) is 0 Å². The van der Waals surface area contributed by atoms with Crippen molar-refractivity contribution in [2.45, 2.75) is 26.3 Å². The van der Waals surface area contributed by atoms with Gasteiger partial charge >= 0.3 is 0 Å². The second kappa shape index (κ2) is 5.36. The first-order valence-electron chi connectivity index (χ1n) is 6.79. The van der Waals surface area contributed by atoms with E-state index in [1.165, 1.54) is 0 Å². The lowest BCUT2D eigenvalue weighted by atomic mass is 9.97. The molecule has 0 atom stereocenters. The lowest BCUT2D eigenvalue weighted by Crippen LogP contribution is -2.25. The SMILES string of the molecule is Cc1cnc(CNC(=O)c2cccc3c2CCCN3)o1. The van der Waals surface area contributed by atoms with Crippen LogP contribution in [0.4, 0.5) is 5.69 Å². The number of aryl methyl sites for hydroxylation is 1. The standard InChI is InChI=1S/C15H17N3O2/c1-10-8-17-14(20-10)9-18-15(19)12-4-2-6-13-11(12)5-3-7-16-13/h2,4,6,8,16H,3,5,7,9H2,1H3,(H,18,19). The molecule has 0 spiro atoms. The van der Waals surface area contributed by atoms with Crippen LogP contribution in [-0.2, 0) is 13.0 Å². The maximum absolute atomic E-state index is 12.3. The van der Waals surface area contributed by atoms with Crippen molar-refractivity contribution in [3.8, 4) is 0 Å². The normalized spacial score (nSPS) is 13.4. The molecule has 5 nitrogen and oxygen atoms in total. The third-order valence-electron chi connectivity index (χ3n) is 3.41. The fourth-order valence-corrected chi connectivity index (χ4v) is 2.46. The lowest BCUT2D eigenvalue weighted by Gasteiger charge is -2.20. The van der Waals surface area contributed by atoms with Crippen LogP contribution in [-0.4, -0.2) is 17.4 Å². The molecule has 1 amide bonds. The van der Waals surface area contributed by atoms with Crippen LogP contribution in [0.15, 0.2) is 28.8 Å². The van der Waals surface area contributed by atoms with Crippen molar-refractivity contribution in [2.75, 3.05) is 11.9 Å². The molecule has 0 saturated heterocycles. The number of nitrogens with one attached hydrogen (secondary N) is 2. The highest BCUT2D eigenvalue weighted by Gasteiger charge is 2.17. The number of rotatable bonds is 3. The Balaban J connectivity index is 1.74. The summed E-state index contributed by atoms with van der Waals surface area (Å²) in [4.78, 5) is 16.4. The summed E-state index contributed by atoms with van der Waals surface area (Å²) in [5.41, 5.74) is 2.90. The molecule has 1 aromatic carbocycles. The van der Waals surface area contributed by atoms with Gasteiger partial charge in [0.25, 0.3) is 5.91 Å². The molecule has 1 aliphatic heterocycles. The van der Waals surface area contributed by atoms with Gasteiger partial charge in [-0.1, -0.05) is 6.07 Å². The van der Waals surface area contributed by atoms with Crippen LogP contribution in [0.2, 0.25) is 0 Å².